The van der Waals surface area contributed by atoms with Crippen LogP contribution in [0.4, 0.5) is 4.39 Å². The molecule has 0 saturated carbocycles. The van der Waals surface area contributed by atoms with Gasteiger partial charge in [0.2, 0.25) is 0 Å². The first-order valence-corrected chi connectivity index (χ1v) is 6.53. The highest BCUT2D eigenvalue weighted by molar-refractivity contribution is 6.30. The molecule has 0 fully saturated rings. The fraction of sp³-hybridized carbons (Fsp3) is 0.0667. The molecule has 0 aliphatic rings. The van der Waals surface area contributed by atoms with Crippen LogP contribution in [-0.4, -0.2) is 20.6 Å². The van der Waals surface area contributed by atoms with Crippen molar-refractivity contribution in [3.8, 4) is 5.69 Å². The molecule has 1 N–H and O–H groups in total. The van der Waals surface area contributed by atoms with Gasteiger partial charge in [0.1, 0.15) is 17.2 Å². The molecule has 4 nitrogen and oxygen atoms in total. The first-order chi connectivity index (χ1) is 9.99. The topological polar surface area (TPSA) is 55.1 Å². The zero-order valence-electron chi connectivity index (χ0n) is 11.0. The summed E-state index contributed by atoms with van der Waals surface area (Å²) in [6, 6.07) is 9.23. The molecule has 0 aliphatic carbocycles. The fourth-order valence-electron chi connectivity index (χ4n) is 2.34. The van der Waals surface area contributed by atoms with E-state index in [0.717, 1.165) is 0 Å². The van der Waals surface area contributed by atoms with Crippen LogP contribution in [0.2, 0.25) is 5.02 Å². The minimum atomic E-state index is -1.04. The van der Waals surface area contributed by atoms with Crippen LogP contribution in [0, 0.1) is 12.7 Å². The average Bonchev–Trinajstić information content (AvgIpc) is 2.77. The molecule has 6 heteroatoms. The highest BCUT2D eigenvalue weighted by Crippen LogP contribution is 2.26. The fourth-order valence-corrected chi connectivity index (χ4v) is 2.51. The monoisotopic (exact) mass is 304 g/mol. The minimum absolute atomic E-state index is 0.00291. The van der Waals surface area contributed by atoms with Crippen LogP contribution in [0.15, 0.2) is 36.4 Å². The van der Waals surface area contributed by atoms with Crippen molar-refractivity contribution in [2.45, 2.75) is 6.92 Å². The van der Waals surface area contributed by atoms with Crippen LogP contribution in [0.25, 0.3) is 16.7 Å². The molecule has 0 amide bonds. The summed E-state index contributed by atoms with van der Waals surface area (Å²) in [7, 11) is 0. The summed E-state index contributed by atoms with van der Waals surface area (Å²) in [5.41, 5.74) is 1.78. The molecule has 0 saturated heterocycles. The number of fused-ring (bicyclic) bond motifs is 1. The number of hydrogen-bond acceptors (Lipinski definition) is 2. The molecular formula is C15H10ClFN2O2. The van der Waals surface area contributed by atoms with Crippen molar-refractivity contribution in [1.29, 1.82) is 0 Å². The molecule has 3 aromatic rings. The van der Waals surface area contributed by atoms with Crippen LogP contribution in [0.1, 0.15) is 16.2 Å². The standard InChI is InChI=1S/C15H10ClFN2O2/c1-8-18-14-10(15(20)21)3-2-4-13(14)19(8)9-5-6-12(17)11(16)7-9/h2-7H,1H3,(H,20,21). The lowest BCUT2D eigenvalue weighted by atomic mass is 10.2. The van der Waals surface area contributed by atoms with Crippen molar-refractivity contribution in [3.05, 3.63) is 58.6 Å². The Morgan fingerprint density at radius 3 is 2.76 bits per heavy atom. The maximum Gasteiger partial charge on any atom is 0.337 e. The second-order valence-electron chi connectivity index (χ2n) is 4.57. The van der Waals surface area contributed by atoms with E-state index in [4.69, 9.17) is 11.6 Å². The van der Waals surface area contributed by atoms with Gasteiger partial charge in [0, 0.05) is 5.69 Å². The number of benzene rings is 2. The van der Waals surface area contributed by atoms with Gasteiger partial charge < -0.3 is 5.11 Å². The number of carboxylic acids is 1. The zero-order chi connectivity index (χ0) is 15.1. The Kier molecular flexibility index (Phi) is 3.14. The summed E-state index contributed by atoms with van der Waals surface area (Å²) in [5.74, 6) is -0.947. The number of aromatic carboxylic acids is 1. The molecule has 0 atom stereocenters. The molecule has 21 heavy (non-hydrogen) atoms. The molecule has 1 aromatic heterocycles. The Bertz CT molecular complexity index is 873. The molecule has 0 bridgehead atoms. The molecule has 3 rings (SSSR count). The molecule has 0 aliphatic heterocycles. The number of carboxylic acid groups (broad SMARTS) is 1. The third-order valence-electron chi connectivity index (χ3n) is 3.24. The van der Waals surface area contributed by atoms with E-state index < -0.39 is 11.8 Å². The second kappa shape index (κ2) is 4.86. The average molecular weight is 305 g/mol. The van der Waals surface area contributed by atoms with Gasteiger partial charge in [0.05, 0.1) is 16.1 Å². The highest BCUT2D eigenvalue weighted by Gasteiger charge is 2.16. The van der Waals surface area contributed by atoms with E-state index >= 15 is 0 Å². The quantitative estimate of drug-likeness (QED) is 0.783. The molecular weight excluding hydrogens is 295 g/mol. The van der Waals surface area contributed by atoms with Crippen molar-refractivity contribution in [2.24, 2.45) is 0 Å². The maximum absolute atomic E-state index is 13.3. The Morgan fingerprint density at radius 1 is 1.33 bits per heavy atom. The van der Waals surface area contributed by atoms with Gasteiger partial charge in [-0.2, -0.15) is 0 Å². The van der Waals surface area contributed by atoms with Gasteiger partial charge in [0.25, 0.3) is 0 Å². The number of rotatable bonds is 2. The summed E-state index contributed by atoms with van der Waals surface area (Å²) in [5, 5.41) is 9.22. The summed E-state index contributed by atoms with van der Waals surface area (Å²) < 4.78 is 15.0. The van der Waals surface area contributed by atoms with E-state index in [0.29, 0.717) is 22.5 Å². The normalized spacial score (nSPS) is 11.0. The van der Waals surface area contributed by atoms with Crippen LogP contribution in [-0.2, 0) is 0 Å². The van der Waals surface area contributed by atoms with Gasteiger partial charge in [-0.1, -0.05) is 17.7 Å². The van der Waals surface area contributed by atoms with E-state index in [1.807, 2.05) is 0 Å². The van der Waals surface area contributed by atoms with Crippen LogP contribution < -0.4 is 0 Å². The number of imidazole rings is 1. The lowest BCUT2D eigenvalue weighted by Crippen LogP contribution is -1.99. The third-order valence-corrected chi connectivity index (χ3v) is 3.53. The highest BCUT2D eigenvalue weighted by atomic mass is 35.5. The lowest BCUT2D eigenvalue weighted by Gasteiger charge is -2.08. The summed E-state index contributed by atoms with van der Waals surface area (Å²) in [6.07, 6.45) is 0. The molecule has 0 radical (unpaired) electrons. The summed E-state index contributed by atoms with van der Waals surface area (Å²) in [6.45, 7) is 1.75. The van der Waals surface area contributed by atoms with Gasteiger partial charge in [0.15, 0.2) is 0 Å². The van der Waals surface area contributed by atoms with Crippen LogP contribution in [0.3, 0.4) is 0 Å². The number of halogens is 2. The largest absolute Gasteiger partial charge is 0.478 e. The number of nitrogens with zero attached hydrogens (tertiary/aromatic N) is 2. The minimum Gasteiger partial charge on any atom is -0.478 e. The van der Waals surface area contributed by atoms with Crippen LogP contribution >= 0.6 is 11.6 Å². The Morgan fingerprint density at radius 2 is 2.10 bits per heavy atom. The Labute approximate surface area is 124 Å². The van der Waals surface area contributed by atoms with E-state index in [1.165, 1.54) is 18.2 Å². The number of carbonyl (C=O) groups is 1. The van der Waals surface area contributed by atoms with E-state index in [-0.39, 0.29) is 10.6 Å². The Hall–Kier alpha value is -2.40. The smallest absolute Gasteiger partial charge is 0.337 e. The van der Waals surface area contributed by atoms with Gasteiger partial charge in [-0.05, 0) is 37.3 Å². The molecule has 106 valence electrons. The lowest BCUT2D eigenvalue weighted by molar-refractivity contribution is 0.0699. The summed E-state index contributed by atoms with van der Waals surface area (Å²) in [4.78, 5) is 15.6. The number of aromatic nitrogens is 2. The predicted octanol–water partition coefficient (Wildman–Crippen LogP) is 3.82. The molecule has 0 unspecified atom stereocenters. The molecule has 1 heterocycles. The number of aryl methyl sites for hydroxylation is 1. The first-order valence-electron chi connectivity index (χ1n) is 6.16. The van der Waals surface area contributed by atoms with Crippen molar-refractivity contribution >= 4 is 28.6 Å². The number of para-hydroxylation sites is 1. The van der Waals surface area contributed by atoms with E-state index in [9.17, 15) is 14.3 Å². The first kappa shape index (κ1) is 13.6. The van der Waals surface area contributed by atoms with Crippen molar-refractivity contribution in [2.75, 3.05) is 0 Å². The van der Waals surface area contributed by atoms with E-state index in [2.05, 4.69) is 4.98 Å². The maximum atomic E-state index is 13.3. The zero-order valence-corrected chi connectivity index (χ0v) is 11.7. The molecule has 0 spiro atoms. The summed E-state index contributed by atoms with van der Waals surface area (Å²) >= 11 is 5.81. The van der Waals surface area contributed by atoms with Gasteiger partial charge >= 0.3 is 5.97 Å². The third kappa shape index (κ3) is 2.15. The SMILES string of the molecule is Cc1nc2c(C(=O)O)cccc2n1-c1ccc(F)c(Cl)c1. The van der Waals surface area contributed by atoms with Crippen LogP contribution in [0.5, 0.6) is 0 Å². The van der Waals surface area contributed by atoms with Gasteiger partial charge in [-0.25, -0.2) is 14.2 Å². The van der Waals surface area contributed by atoms with E-state index in [1.54, 1.807) is 29.7 Å². The van der Waals surface area contributed by atoms with Gasteiger partial charge in [-0.15, -0.1) is 0 Å². The van der Waals surface area contributed by atoms with Crippen molar-refractivity contribution in [3.63, 3.8) is 0 Å². The second-order valence-corrected chi connectivity index (χ2v) is 4.98. The predicted molar refractivity (Wildman–Crippen MR) is 77.7 cm³/mol. The number of hydrogen-bond donors (Lipinski definition) is 1. The van der Waals surface area contributed by atoms with Gasteiger partial charge in [-0.3, -0.25) is 4.57 Å². The van der Waals surface area contributed by atoms with Crippen molar-refractivity contribution in [1.82, 2.24) is 9.55 Å². The Balaban J connectivity index is 2.32. The molecule has 2 aromatic carbocycles. The van der Waals surface area contributed by atoms with Crippen molar-refractivity contribution < 1.29 is 14.3 Å².